The number of halogens is 1. The largest absolute Gasteiger partial charge is 0.284 e. The molecule has 7 heteroatoms. The van der Waals surface area contributed by atoms with Crippen molar-refractivity contribution in [3.63, 3.8) is 0 Å². The van der Waals surface area contributed by atoms with Crippen LogP contribution in [0, 0.1) is 19.7 Å². The molecule has 4 rings (SSSR count). The first kappa shape index (κ1) is 15.2. The molecular formula is C18H14FN5O. The molecule has 0 aliphatic rings. The summed E-state index contributed by atoms with van der Waals surface area (Å²) >= 11 is 0. The Balaban J connectivity index is 1.98. The zero-order chi connectivity index (χ0) is 17.6. The van der Waals surface area contributed by atoms with Gasteiger partial charge in [0, 0.05) is 17.6 Å². The lowest BCUT2D eigenvalue weighted by Crippen LogP contribution is -2.18. The predicted molar refractivity (Wildman–Crippen MR) is 92.1 cm³/mol. The van der Waals surface area contributed by atoms with E-state index < -0.39 is 0 Å². The minimum absolute atomic E-state index is 0.269. The van der Waals surface area contributed by atoms with Gasteiger partial charge in [-0.05, 0) is 49.2 Å². The van der Waals surface area contributed by atoms with Crippen LogP contribution in [0.5, 0.6) is 0 Å². The minimum atomic E-state index is -0.329. The van der Waals surface area contributed by atoms with Crippen LogP contribution in [0.15, 0.2) is 47.4 Å². The lowest BCUT2D eigenvalue weighted by molar-refractivity contribution is 0.628. The summed E-state index contributed by atoms with van der Waals surface area (Å²) in [7, 11) is 0. The van der Waals surface area contributed by atoms with Gasteiger partial charge in [0.1, 0.15) is 5.82 Å². The fraction of sp³-hybridized carbons (Fsp3) is 0.111. The molecule has 0 bridgehead atoms. The zero-order valence-corrected chi connectivity index (χ0v) is 13.6. The summed E-state index contributed by atoms with van der Waals surface area (Å²) in [5.41, 5.74) is 3.06. The lowest BCUT2D eigenvalue weighted by atomic mass is 10.0. The number of fused-ring (bicyclic) bond motifs is 1. The fourth-order valence-electron chi connectivity index (χ4n) is 2.85. The topological polar surface area (TPSA) is 76.5 Å². The van der Waals surface area contributed by atoms with Gasteiger partial charge in [0.25, 0.3) is 11.5 Å². The van der Waals surface area contributed by atoms with Crippen molar-refractivity contribution in [3.8, 4) is 17.1 Å². The lowest BCUT2D eigenvalue weighted by Gasteiger charge is -2.02. The van der Waals surface area contributed by atoms with E-state index in [4.69, 9.17) is 0 Å². The van der Waals surface area contributed by atoms with E-state index >= 15 is 0 Å². The molecule has 0 fully saturated rings. The van der Waals surface area contributed by atoms with Crippen molar-refractivity contribution in [2.24, 2.45) is 0 Å². The number of aryl methyl sites for hydroxylation is 2. The van der Waals surface area contributed by atoms with E-state index in [9.17, 15) is 9.18 Å². The van der Waals surface area contributed by atoms with Gasteiger partial charge in [-0.1, -0.05) is 12.1 Å². The molecule has 0 saturated carbocycles. The van der Waals surface area contributed by atoms with Crippen molar-refractivity contribution in [2.75, 3.05) is 0 Å². The third kappa shape index (κ3) is 2.59. The van der Waals surface area contributed by atoms with Crippen LogP contribution in [-0.2, 0) is 0 Å². The quantitative estimate of drug-likeness (QED) is 0.611. The summed E-state index contributed by atoms with van der Waals surface area (Å²) < 4.78 is 14.5. The molecule has 0 saturated heterocycles. The van der Waals surface area contributed by atoms with Crippen LogP contribution in [0.25, 0.3) is 28.1 Å². The third-order valence-corrected chi connectivity index (χ3v) is 3.91. The number of benzene rings is 1. The third-order valence-electron chi connectivity index (χ3n) is 3.91. The Kier molecular flexibility index (Phi) is 3.42. The first-order valence-corrected chi connectivity index (χ1v) is 7.71. The maximum atomic E-state index is 13.2. The molecule has 3 aromatic heterocycles. The van der Waals surface area contributed by atoms with Crippen LogP contribution in [0.4, 0.5) is 4.39 Å². The van der Waals surface area contributed by atoms with Crippen molar-refractivity contribution < 1.29 is 4.39 Å². The van der Waals surface area contributed by atoms with Gasteiger partial charge in [-0.2, -0.15) is 4.68 Å². The Morgan fingerprint density at radius 2 is 1.72 bits per heavy atom. The SMILES string of the molecule is Cc1cc(C)nc(-n2[nH]c3nccc(-c4ccc(F)cc4)c3c2=O)n1. The first-order valence-electron chi connectivity index (χ1n) is 7.71. The summed E-state index contributed by atoms with van der Waals surface area (Å²) in [6.07, 6.45) is 1.60. The molecule has 4 aromatic rings. The van der Waals surface area contributed by atoms with E-state index in [-0.39, 0.29) is 17.3 Å². The Morgan fingerprint density at radius 1 is 1.04 bits per heavy atom. The number of hydrogen-bond acceptors (Lipinski definition) is 4. The van der Waals surface area contributed by atoms with Gasteiger partial charge < -0.3 is 0 Å². The molecule has 0 spiro atoms. The van der Waals surface area contributed by atoms with Crippen LogP contribution in [0.2, 0.25) is 0 Å². The molecule has 6 nitrogen and oxygen atoms in total. The number of aromatic nitrogens is 5. The highest BCUT2D eigenvalue weighted by Crippen LogP contribution is 2.25. The molecule has 25 heavy (non-hydrogen) atoms. The number of H-pyrrole nitrogens is 1. The zero-order valence-electron chi connectivity index (χ0n) is 13.6. The van der Waals surface area contributed by atoms with Gasteiger partial charge in [0.05, 0.1) is 5.39 Å². The molecule has 0 atom stereocenters. The smallest absolute Gasteiger partial charge is 0.271 e. The number of nitrogens with one attached hydrogen (secondary N) is 1. The Morgan fingerprint density at radius 3 is 2.40 bits per heavy atom. The second-order valence-electron chi connectivity index (χ2n) is 5.79. The van der Waals surface area contributed by atoms with E-state index in [0.717, 1.165) is 17.0 Å². The van der Waals surface area contributed by atoms with E-state index in [1.165, 1.54) is 16.8 Å². The average Bonchev–Trinajstić information content (AvgIpc) is 2.92. The number of hydrogen-bond donors (Lipinski definition) is 1. The first-order chi connectivity index (χ1) is 12.0. The van der Waals surface area contributed by atoms with Gasteiger partial charge >= 0.3 is 0 Å². The monoisotopic (exact) mass is 335 g/mol. The summed E-state index contributed by atoms with van der Waals surface area (Å²) in [5.74, 6) is -0.0604. The molecular weight excluding hydrogens is 321 g/mol. The van der Waals surface area contributed by atoms with Gasteiger partial charge in [-0.25, -0.2) is 19.3 Å². The summed E-state index contributed by atoms with van der Waals surface area (Å²) in [6, 6.07) is 9.55. The maximum Gasteiger partial charge on any atom is 0.284 e. The van der Waals surface area contributed by atoms with E-state index in [1.807, 2.05) is 19.9 Å². The molecule has 0 aliphatic heterocycles. The number of pyridine rings is 1. The van der Waals surface area contributed by atoms with Crippen molar-refractivity contribution in [1.82, 2.24) is 24.7 Å². The second-order valence-corrected chi connectivity index (χ2v) is 5.79. The molecule has 1 aromatic carbocycles. The Labute approximate surface area is 142 Å². The van der Waals surface area contributed by atoms with Gasteiger partial charge in [-0.3, -0.25) is 9.89 Å². The fourth-order valence-corrected chi connectivity index (χ4v) is 2.85. The average molecular weight is 335 g/mol. The molecule has 0 amide bonds. The summed E-state index contributed by atoms with van der Waals surface area (Å²) in [4.78, 5) is 25.8. The standard InChI is InChI=1S/C18H14FN5O/c1-10-9-11(2)22-18(21-10)24-17(25)15-14(7-8-20-16(15)23-24)12-3-5-13(19)6-4-12/h3-9H,1-2H3,(H,20,23). The normalized spacial score (nSPS) is 11.2. The maximum absolute atomic E-state index is 13.2. The predicted octanol–water partition coefficient (Wildman–Crippen LogP) is 2.93. The van der Waals surface area contributed by atoms with Gasteiger partial charge in [0.2, 0.25) is 0 Å². The number of rotatable bonds is 2. The van der Waals surface area contributed by atoms with Crippen molar-refractivity contribution in [3.05, 3.63) is 70.2 Å². The molecule has 1 N–H and O–H groups in total. The van der Waals surface area contributed by atoms with E-state index in [1.54, 1.807) is 24.4 Å². The number of nitrogens with zero attached hydrogens (tertiary/aromatic N) is 4. The molecule has 124 valence electrons. The van der Waals surface area contributed by atoms with E-state index in [0.29, 0.717) is 16.6 Å². The highest BCUT2D eigenvalue weighted by molar-refractivity contribution is 5.92. The van der Waals surface area contributed by atoms with Gasteiger partial charge in [0.15, 0.2) is 5.65 Å². The highest BCUT2D eigenvalue weighted by Gasteiger charge is 2.16. The van der Waals surface area contributed by atoms with Crippen molar-refractivity contribution in [1.29, 1.82) is 0 Å². The van der Waals surface area contributed by atoms with Gasteiger partial charge in [-0.15, -0.1) is 0 Å². The Bertz CT molecular complexity index is 1120. The van der Waals surface area contributed by atoms with Crippen LogP contribution in [0.1, 0.15) is 11.4 Å². The van der Waals surface area contributed by atoms with Crippen LogP contribution in [0.3, 0.4) is 0 Å². The molecule has 3 heterocycles. The summed E-state index contributed by atoms with van der Waals surface area (Å²) in [5, 5.41) is 3.36. The minimum Gasteiger partial charge on any atom is -0.271 e. The second kappa shape index (κ2) is 5.62. The molecule has 0 unspecified atom stereocenters. The van der Waals surface area contributed by atoms with Crippen LogP contribution >= 0.6 is 0 Å². The Hall–Kier alpha value is -3.35. The van der Waals surface area contributed by atoms with Crippen LogP contribution < -0.4 is 5.56 Å². The highest BCUT2D eigenvalue weighted by atomic mass is 19.1. The number of aromatic amines is 1. The van der Waals surface area contributed by atoms with Crippen molar-refractivity contribution in [2.45, 2.75) is 13.8 Å². The van der Waals surface area contributed by atoms with Crippen molar-refractivity contribution >= 4 is 11.0 Å². The molecule has 0 radical (unpaired) electrons. The van der Waals surface area contributed by atoms with Crippen LogP contribution in [-0.4, -0.2) is 24.7 Å². The van der Waals surface area contributed by atoms with E-state index in [2.05, 4.69) is 20.1 Å². The molecule has 0 aliphatic carbocycles. The summed E-state index contributed by atoms with van der Waals surface area (Å²) in [6.45, 7) is 3.68.